The molecule has 3 aromatic rings. The van der Waals surface area contributed by atoms with Gasteiger partial charge in [-0.1, -0.05) is 24.3 Å². The van der Waals surface area contributed by atoms with E-state index in [0.29, 0.717) is 23.4 Å². The molecule has 3 heterocycles. The number of nitrogens with zero attached hydrogens (tertiary/aromatic N) is 2. The first-order valence-electron chi connectivity index (χ1n) is 10.6. The van der Waals surface area contributed by atoms with E-state index in [2.05, 4.69) is 22.3 Å². The summed E-state index contributed by atoms with van der Waals surface area (Å²) in [4.78, 5) is 18.8. The zero-order valence-electron chi connectivity index (χ0n) is 17.5. The number of carbonyl (C=O) groups is 1. The quantitative estimate of drug-likeness (QED) is 0.618. The van der Waals surface area contributed by atoms with Crippen molar-refractivity contribution in [3.63, 3.8) is 0 Å². The lowest BCUT2D eigenvalue weighted by atomic mass is 10.0. The Morgan fingerprint density at radius 1 is 1.13 bits per heavy atom. The van der Waals surface area contributed by atoms with E-state index in [1.54, 1.807) is 13.0 Å². The van der Waals surface area contributed by atoms with Gasteiger partial charge in [0.15, 0.2) is 0 Å². The van der Waals surface area contributed by atoms with Crippen LogP contribution in [0.3, 0.4) is 0 Å². The van der Waals surface area contributed by atoms with Gasteiger partial charge in [0, 0.05) is 43.0 Å². The van der Waals surface area contributed by atoms with Crippen LogP contribution in [-0.2, 0) is 30.7 Å². The number of hydrogen-bond acceptors (Lipinski definition) is 5. The molecule has 0 amide bonds. The highest BCUT2D eigenvalue weighted by atomic mass is 19.1. The maximum absolute atomic E-state index is 13.8. The van der Waals surface area contributed by atoms with Gasteiger partial charge in [0.1, 0.15) is 18.2 Å². The van der Waals surface area contributed by atoms with E-state index < -0.39 is 0 Å². The summed E-state index contributed by atoms with van der Waals surface area (Å²) in [6.07, 6.45) is 1.82. The molecule has 0 saturated carbocycles. The Bertz CT molecular complexity index is 1160. The van der Waals surface area contributed by atoms with Gasteiger partial charge in [0.25, 0.3) is 0 Å². The van der Waals surface area contributed by atoms with E-state index in [4.69, 9.17) is 9.72 Å². The molecule has 2 aromatic carbocycles. The molecule has 6 heteroatoms. The van der Waals surface area contributed by atoms with Crippen LogP contribution in [0.5, 0.6) is 0 Å². The fraction of sp³-hybridized carbons (Fsp3) is 0.280. The van der Waals surface area contributed by atoms with Crippen molar-refractivity contribution >= 4 is 17.5 Å². The number of rotatable bonds is 5. The fourth-order valence-corrected chi connectivity index (χ4v) is 4.18. The second-order valence-corrected chi connectivity index (χ2v) is 8.24. The van der Waals surface area contributed by atoms with Gasteiger partial charge in [0.2, 0.25) is 0 Å². The number of benzene rings is 2. The van der Waals surface area contributed by atoms with Crippen molar-refractivity contribution in [2.45, 2.75) is 32.9 Å². The number of nitrogens with one attached hydrogen (secondary N) is 1. The standard InChI is InChI=1S/C25H24FN3O2/c1-16-2-5-20(13-22(16)26)27-24-7-4-18-14-29(11-9-23(18)28-24)10-8-17-3-6-21-19(12-17)15-31-25(21)30/h2-7,12-13H,8-11,14-15H2,1H3,(H,27,28). The van der Waals surface area contributed by atoms with Crippen LogP contribution in [0.2, 0.25) is 0 Å². The van der Waals surface area contributed by atoms with Gasteiger partial charge in [-0.3, -0.25) is 4.90 Å². The number of ether oxygens (including phenoxy) is 1. The minimum atomic E-state index is -0.221. The second kappa shape index (κ2) is 8.12. The number of pyridine rings is 1. The van der Waals surface area contributed by atoms with E-state index in [-0.39, 0.29) is 11.8 Å². The van der Waals surface area contributed by atoms with Crippen LogP contribution in [0.4, 0.5) is 15.9 Å². The summed E-state index contributed by atoms with van der Waals surface area (Å²) in [5.74, 6) is 0.300. The van der Waals surface area contributed by atoms with E-state index >= 15 is 0 Å². The number of aromatic nitrogens is 1. The highest BCUT2D eigenvalue weighted by Crippen LogP contribution is 2.24. The van der Waals surface area contributed by atoms with Gasteiger partial charge in [-0.25, -0.2) is 14.2 Å². The first-order chi connectivity index (χ1) is 15.0. The molecule has 0 saturated heterocycles. The van der Waals surface area contributed by atoms with E-state index in [0.717, 1.165) is 49.6 Å². The molecule has 5 nitrogen and oxygen atoms in total. The minimum Gasteiger partial charge on any atom is -0.457 e. The zero-order valence-corrected chi connectivity index (χ0v) is 17.5. The van der Waals surface area contributed by atoms with Crippen LogP contribution < -0.4 is 5.32 Å². The van der Waals surface area contributed by atoms with Gasteiger partial charge in [-0.05, 0) is 54.3 Å². The van der Waals surface area contributed by atoms with Crippen LogP contribution in [0.25, 0.3) is 0 Å². The summed E-state index contributed by atoms with van der Waals surface area (Å²) in [5, 5.41) is 3.20. The van der Waals surface area contributed by atoms with Crippen molar-refractivity contribution < 1.29 is 13.9 Å². The summed E-state index contributed by atoms with van der Waals surface area (Å²) in [7, 11) is 0. The number of carbonyl (C=O) groups excluding carboxylic acids is 1. The Morgan fingerprint density at radius 3 is 2.90 bits per heavy atom. The molecule has 2 aliphatic heterocycles. The lowest BCUT2D eigenvalue weighted by Crippen LogP contribution is -2.32. The van der Waals surface area contributed by atoms with Crippen molar-refractivity contribution in [2.75, 3.05) is 18.4 Å². The third kappa shape index (κ3) is 4.16. The van der Waals surface area contributed by atoms with E-state index in [9.17, 15) is 9.18 Å². The first-order valence-corrected chi connectivity index (χ1v) is 10.6. The number of halogens is 1. The normalized spacial score (nSPS) is 15.4. The van der Waals surface area contributed by atoms with Crippen LogP contribution >= 0.6 is 0 Å². The third-order valence-electron chi connectivity index (χ3n) is 6.04. The van der Waals surface area contributed by atoms with E-state index in [1.165, 1.54) is 17.2 Å². The first kappa shape index (κ1) is 19.7. The van der Waals surface area contributed by atoms with Gasteiger partial charge in [0.05, 0.1) is 5.56 Å². The van der Waals surface area contributed by atoms with Crippen molar-refractivity contribution in [3.05, 3.63) is 87.9 Å². The van der Waals surface area contributed by atoms with Crippen LogP contribution in [0.1, 0.15) is 38.3 Å². The van der Waals surface area contributed by atoms with Crippen LogP contribution in [0.15, 0.2) is 48.5 Å². The molecule has 2 aliphatic rings. The predicted octanol–water partition coefficient (Wildman–Crippen LogP) is 4.54. The SMILES string of the molecule is Cc1ccc(Nc2ccc3c(n2)CCN(CCc2ccc4c(c2)COC4=O)C3)cc1F. The summed E-state index contributed by atoms with van der Waals surface area (Å²) >= 11 is 0. The second-order valence-electron chi connectivity index (χ2n) is 8.24. The molecular weight excluding hydrogens is 393 g/mol. The summed E-state index contributed by atoms with van der Waals surface area (Å²) in [5.41, 5.74) is 6.58. The topological polar surface area (TPSA) is 54.5 Å². The molecule has 31 heavy (non-hydrogen) atoms. The molecule has 0 spiro atoms. The molecule has 1 aromatic heterocycles. The Balaban J connectivity index is 1.21. The Morgan fingerprint density at radius 2 is 2.03 bits per heavy atom. The maximum Gasteiger partial charge on any atom is 0.338 e. The molecular formula is C25H24FN3O2. The van der Waals surface area contributed by atoms with Crippen LogP contribution in [-0.4, -0.2) is 28.9 Å². The fourth-order valence-electron chi connectivity index (χ4n) is 4.18. The number of hydrogen-bond donors (Lipinski definition) is 1. The Kier molecular flexibility index (Phi) is 5.16. The minimum absolute atomic E-state index is 0.219. The van der Waals surface area contributed by atoms with Crippen molar-refractivity contribution in [1.29, 1.82) is 0 Å². The Labute approximate surface area is 180 Å². The molecule has 158 valence electrons. The molecule has 0 fully saturated rings. The average Bonchev–Trinajstić information content (AvgIpc) is 3.15. The summed E-state index contributed by atoms with van der Waals surface area (Å²) in [6.45, 7) is 4.91. The van der Waals surface area contributed by atoms with E-state index in [1.807, 2.05) is 24.3 Å². The molecule has 0 radical (unpaired) electrons. The largest absolute Gasteiger partial charge is 0.457 e. The van der Waals surface area contributed by atoms with Crippen LogP contribution in [0, 0.1) is 12.7 Å². The lowest BCUT2D eigenvalue weighted by molar-refractivity contribution is 0.0535. The molecule has 0 atom stereocenters. The Hall–Kier alpha value is -3.25. The number of aryl methyl sites for hydroxylation is 1. The maximum atomic E-state index is 13.8. The zero-order chi connectivity index (χ0) is 21.4. The molecule has 0 unspecified atom stereocenters. The molecule has 0 aliphatic carbocycles. The van der Waals surface area contributed by atoms with Gasteiger partial charge >= 0.3 is 5.97 Å². The number of cyclic esters (lactones) is 1. The predicted molar refractivity (Wildman–Crippen MR) is 117 cm³/mol. The summed E-state index contributed by atoms with van der Waals surface area (Å²) in [6, 6.07) is 15.2. The van der Waals surface area contributed by atoms with Crippen molar-refractivity contribution in [2.24, 2.45) is 0 Å². The lowest BCUT2D eigenvalue weighted by Gasteiger charge is -2.28. The highest BCUT2D eigenvalue weighted by molar-refractivity contribution is 5.93. The smallest absolute Gasteiger partial charge is 0.338 e. The van der Waals surface area contributed by atoms with Gasteiger partial charge in [-0.15, -0.1) is 0 Å². The van der Waals surface area contributed by atoms with Gasteiger partial charge in [-0.2, -0.15) is 0 Å². The number of fused-ring (bicyclic) bond motifs is 2. The number of anilines is 2. The van der Waals surface area contributed by atoms with Gasteiger partial charge < -0.3 is 10.1 Å². The van der Waals surface area contributed by atoms with Crippen molar-refractivity contribution in [3.8, 4) is 0 Å². The monoisotopic (exact) mass is 417 g/mol. The third-order valence-corrected chi connectivity index (χ3v) is 6.04. The highest BCUT2D eigenvalue weighted by Gasteiger charge is 2.22. The van der Waals surface area contributed by atoms with Crippen molar-refractivity contribution in [1.82, 2.24) is 9.88 Å². The molecule has 0 bridgehead atoms. The number of esters is 1. The molecule has 5 rings (SSSR count). The molecule has 1 N–H and O–H groups in total. The summed E-state index contributed by atoms with van der Waals surface area (Å²) < 4.78 is 18.9. The average molecular weight is 417 g/mol.